The van der Waals surface area contributed by atoms with Crippen LogP contribution in [0.1, 0.15) is 354 Å². The number of carboxylic acids is 1. The van der Waals surface area contributed by atoms with Crippen LogP contribution in [0.2, 0.25) is 0 Å². The summed E-state index contributed by atoms with van der Waals surface area (Å²) in [5, 5.41) is 8.68. The number of hydrogen-bond acceptors (Lipinski definition) is 3. The van der Waals surface area contributed by atoms with E-state index in [2.05, 4.69) is 19.1 Å². The van der Waals surface area contributed by atoms with Crippen molar-refractivity contribution < 1.29 is 19.4 Å². The van der Waals surface area contributed by atoms with Crippen LogP contribution in [-0.4, -0.2) is 23.7 Å². The van der Waals surface area contributed by atoms with E-state index >= 15 is 0 Å². The van der Waals surface area contributed by atoms with E-state index in [1.807, 2.05) is 0 Å². The van der Waals surface area contributed by atoms with Gasteiger partial charge in [-0.2, -0.15) is 0 Å². The molecule has 0 amide bonds. The number of ether oxygens (including phenoxy) is 1. The molecule has 0 saturated heterocycles. The van der Waals surface area contributed by atoms with E-state index in [0.29, 0.717) is 19.4 Å². The van der Waals surface area contributed by atoms with Crippen molar-refractivity contribution in [2.45, 2.75) is 354 Å². The van der Waals surface area contributed by atoms with Gasteiger partial charge in [-0.05, 0) is 44.9 Å². The molecule has 1 N–H and O–H groups in total. The van der Waals surface area contributed by atoms with Crippen LogP contribution < -0.4 is 0 Å². The molecule has 0 aliphatic heterocycles. The fourth-order valence-electron chi connectivity index (χ4n) is 9.52. The summed E-state index contributed by atoms with van der Waals surface area (Å²) >= 11 is 0. The molecule has 64 heavy (non-hydrogen) atoms. The first-order valence-electron chi connectivity index (χ1n) is 29.7. The van der Waals surface area contributed by atoms with Gasteiger partial charge in [-0.15, -0.1) is 0 Å². The Morgan fingerprint density at radius 2 is 0.516 bits per heavy atom. The normalized spacial score (nSPS) is 11.6. The number of allylic oxidation sites excluding steroid dienone is 2. The highest BCUT2D eigenvalue weighted by Gasteiger charge is 2.04. The van der Waals surface area contributed by atoms with Crippen molar-refractivity contribution in [2.75, 3.05) is 6.61 Å². The van der Waals surface area contributed by atoms with Crippen LogP contribution in [0, 0.1) is 0 Å². The van der Waals surface area contributed by atoms with Crippen molar-refractivity contribution in [2.24, 2.45) is 0 Å². The second-order valence-electron chi connectivity index (χ2n) is 20.5. The quantitative estimate of drug-likeness (QED) is 0.0375. The standard InChI is InChI=1S/C60H116O4/c1-2-3-4-5-6-7-8-9-10-32-36-39-42-45-48-51-54-57-60(63)64-58-55-52-49-46-43-40-37-34-31-29-27-25-23-21-19-17-15-13-11-12-14-16-18-20-22-24-26-28-30-33-35-38-41-44-47-50-53-56-59(61)62/h7-8H,2-6,9-58H2,1H3,(H,61,62). The maximum atomic E-state index is 12.1. The Morgan fingerprint density at radius 3 is 0.781 bits per heavy atom. The monoisotopic (exact) mass is 901 g/mol. The van der Waals surface area contributed by atoms with Gasteiger partial charge in [0.05, 0.1) is 6.61 Å². The van der Waals surface area contributed by atoms with Gasteiger partial charge in [0.25, 0.3) is 0 Å². The van der Waals surface area contributed by atoms with E-state index in [-0.39, 0.29) is 5.97 Å². The van der Waals surface area contributed by atoms with Crippen LogP contribution >= 0.6 is 0 Å². The Bertz CT molecular complexity index is 913. The highest BCUT2D eigenvalue weighted by atomic mass is 16.5. The van der Waals surface area contributed by atoms with Crippen LogP contribution in [-0.2, 0) is 14.3 Å². The van der Waals surface area contributed by atoms with Gasteiger partial charge in [-0.3, -0.25) is 9.59 Å². The summed E-state index contributed by atoms with van der Waals surface area (Å²) in [6.45, 7) is 2.90. The number of esters is 1. The molecule has 0 bridgehead atoms. The van der Waals surface area contributed by atoms with Crippen molar-refractivity contribution in [3.05, 3.63) is 12.2 Å². The molecule has 0 saturated carbocycles. The summed E-state index contributed by atoms with van der Waals surface area (Å²) in [4.78, 5) is 22.6. The van der Waals surface area contributed by atoms with Gasteiger partial charge in [0.15, 0.2) is 0 Å². The maximum absolute atomic E-state index is 12.1. The predicted molar refractivity (Wildman–Crippen MR) is 283 cm³/mol. The summed E-state index contributed by atoms with van der Waals surface area (Å²) in [5.74, 6) is -0.626. The van der Waals surface area contributed by atoms with Crippen LogP contribution in [0.4, 0.5) is 0 Å². The number of carboxylic acid groups (broad SMARTS) is 1. The summed E-state index contributed by atoms with van der Waals surface area (Å²) in [7, 11) is 0. The Hall–Kier alpha value is -1.32. The number of carbonyl (C=O) groups is 2. The summed E-state index contributed by atoms with van der Waals surface area (Å²) in [5.41, 5.74) is 0. The Kier molecular flexibility index (Phi) is 56.6. The molecule has 4 nitrogen and oxygen atoms in total. The predicted octanol–water partition coefficient (Wildman–Crippen LogP) is 21.3. The fraction of sp³-hybridized carbons (Fsp3) is 0.933. The molecular formula is C60H116O4. The van der Waals surface area contributed by atoms with Crippen molar-refractivity contribution in [1.82, 2.24) is 0 Å². The first-order chi connectivity index (χ1) is 31.7. The molecule has 0 radical (unpaired) electrons. The molecule has 0 spiro atoms. The zero-order chi connectivity index (χ0) is 46.2. The minimum Gasteiger partial charge on any atom is -0.481 e. The van der Waals surface area contributed by atoms with E-state index < -0.39 is 5.97 Å². The maximum Gasteiger partial charge on any atom is 0.305 e. The topological polar surface area (TPSA) is 63.6 Å². The summed E-state index contributed by atoms with van der Waals surface area (Å²) < 4.78 is 5.50. The second kappa shape index (κ2) is 57.8. The van der Waals surface area contributed by atoms with E-state index in [1.54, 1.807) is 0 Å². The first-order valence-corrected chi connectivity index (χ1v) is 29.7. The van der Waals surface area contributed by atoms with Gasteiger partial charge in [-0.1, -0.05) is 308 Å². The number of hydrogen-bond donors (Lipinski definition) is 1. The number of aliphatic carboxylic acids is 1. The van der Waals surface area contributed by atoms with Gasteiger partial charge in [0.2, 0.25) is 0 Å². The lowest BCUT2D eigenvalue weighted by Crippen LogP contribution is -2.05. The molecule has 0 aliphatic carbocycles. The molecule has 0 aromatic rings. The van der Waals surface area contributed by atoms with Crippen LogP contribution in [0.15, 0.2) is 12.2 Å². The molecule has 0 aromatic heterocycles. The highest BCUT2D eigenvalue weighted by molar-refractivity contribution is 5.69. The number of carbonyl (C=O) groups excluding carboxylic acids is 1. The second-order valence-corrected chi connectivity index (χ2v) is 20.5. The zero-order valence-corrected chi connectivity index (χ0v) is 43.7. The third-order valence-electron chi connectivity index (χ3n) is 13.9. The van der Waals surface area contributed by atoms with Crippen molar-refractivity contribution in [3.63, 3.8) is 0 Å². The molecule has 4 heteroatoms. The molecule has 0 aliphatic rings. The van der Waals surface area contributed by atoms with Crippen molar-refractivity contribution >= 4 is 11.9 Å². The van der Waals surface area contributed by atoms with Gasteiger partial charge in [0, 0.05) is 12.8 Å². The minimum absolute atomic E-state index is 0.0242. The average molecular weight is 902 g/mol. The lowest BCUT2D eigenvalue weighted by atomic mass is 10.0. The van der Waals surface area contributed by atoms with Crippen LogP contribution in [0.3, 0.4) is 0 Å². The van der Waals surface area contributed by atoms with Gasteiger partial charge >= 0.3 is 11.9 Å². The number of unbranched alkanes of at least 4 members (excludes halogenated alkanes) is 49. The molecule has 0 aromatic carbocycles. The summed E-state index contributed by atoms with van der Waals surface area (Å²) in [6.07, 6.45) is 76.3. The Morgan fingerprint density at radius 1 is 0.297 bits per heavy atom. The fourth-order valence-corrected chi connectivity index (χ4v) is 9.52. The molecule has 0 heterocycles. The lowest BCUT2D eigenvalue weighted by Gasteiger charge is -2.06. The Labute approximate surface area is 402 Å². The molecule has 0 unspecified atom stereocenters. The minimum atomic E-state index is -0.650. The van der Waals surface area contributed by atoms with Crippen molar-refractivity contribution in [3.8, 4) is 0 Å². The zero-order valence-electron chi connectivity index (χ0n) is 43.7. The van der Waals surface area contributed by atoms with E-state index in [4.69, 9.17) is 9.84 Å². The number of rotatable bonds is 57. The lowest BCUT2D eigenvalue weighted by molar-refractivity contribution is -0.144. The molecular weight excluding hydrogens is 785 g/mol. The van der Waals surface area contributed by atoms with Gasteiger partial charge in [0.1, 0.15) is 0 Å². The third-order valence-corrected chi connectivity index (χ3v) is 13.9. The van der Waals surface area contributed by atoms with Crippen molar-refractivity contribution in [1.29, 1.82) is 0 Å². The molecule has 0 rings (SSSR count). The van der Waals surface area contributed by atoms with E-state index in [1.165, 1.54) is 308 Å². The summed E-state index contributed by atoms with van der Waals surface area (Å²) in [6, 6.07) is 0. The van der Waals surface area contributed by atoms with Crippen LogP contribution in [0.25, 0.3) is 0 Å². The molecule has 380 valence electrons. The molecule has 0 fully saturated rings. The van der Waals surface area contributed by atoms with Gasteiger partial charge < -0.3 is 9.84 Å². The van der Waals surface area contributed by atoms with Crippen LogP contribution in [0.5, 0.6) is 0 Å². The van der Waals surface area contributed by atoms with E-state index in [9.17, 15) is 9.59 Å². The van der Waals surface area contributed by atoms with Gasteiger partial charge in [-0.25, -0.2) is 0 Å². The molecule has 0 atom stereocenters. The van der Waals surface area contributed by atoms with E-state index in [0.717, 1.165) is 25.7 Å². The first kappa shape index (κ1) is 62.7. The average Bonchev–Trinajstić information content (AvgIpc) is 3.29. The largest absolute Gasteiger partial charge is 0.481 e. The Balaban J connectivity index is 3.14. The third kappa shape index (κ3) is 58.7. The smallest absolute Gasteiger partial charge is 0.305 e. The highest BCUT2D eigenvalue weighted by Crippen LogP contribution is 2.18. The SMILES string of the molecule is CCCCCCC=CCCCCCCCCCCCC(=O)OCCCCCCCCCCCCCCCCCCCCCCCCCCCCCCCCCCCCCCCC(=O)O.